The predicted molar refractivity (Wildman–Crippen MR) is 59.6 cm³/mol. The van der Waals surface area contributed by atoms with Crippen molar-refractivity contribution >= 4 is 5.57 Å². The highest BCUT2D eigenvalue weighted by molar-refractivity contribution is 5.66. The van der Waals surface area contributed by atoms with E-state index in [1.165, 1.54) is 16.7 Å². The van der Waals surface area contributed by atoms with Gasteiger partial charge >= 0.3 is 0 Å². The van der Waals surface area contributed by atoms with Gasteiger partial charge in [-0.05, 0) is 31.4 Å². The number of hydrogen-bond donors (Lipinski definition) is 0. The standard InChI is InChI=1S/C13H16/c1-4-6-12(5-2)13-9-7-11(3)8-10-13/h4-5,7-10H,1,6H2,2-3H3. The van der Waals surface area contributed by atoms with E-state index in [0.717, 1.165) is 6.42 Å². The van der Waals surface area contributed by atoms with Gasteiger partial charge in [0.2, 0.25) is 0 Å². The molecule has 0 fully saturated rings. The van der Waals surface area contributed by atoms with E-state index in [4.69, 9.17) is 0 Å². The van der Waals surface area contributed by atoms with Gasteiger partial charge in [0.1, 0.15) is 0 Å². The summed E-state index contributed by atoms with van der Waals surface area (Å²) >= 11 is 0. The van der Waals surface area contributed by atoms with Crippen LogP contribution in [0.3, 0.4) is 0 Å². The fourth-order valence-electron chi connectivity index (χ4n) is 1.33. The maximum Gasteiger partial charge on any atom is -0.00975 e. The fourth-order valence-corrected chi connectivity index (χ4v) is 1.33. The summed E-state index contributed by atoms with van der Waals surface area (Å²) in [6.45, 7) is 7.92. The molecular weight excluding hydrogens is 156 g/mol. The zero-order chi connectivity index (χ0) is 9.68. The van der Waals surface area contributed by atoms with E-state index < -0.39 is 0 Å². The Labute approximate surface area is 80.6 Å². The zero-order valence-corrected chi connectivity index (χ0v) is 8.38. The molecule has 0 aliphatic rings. The molecule has 0 spiro atoms. The second kappa shape index (κ2) is 4.66. The normalized spacial score (nSPS) is 11.4. The summed E-state index contributed by atoms with van der Waals surface area (Å²) < 4.78 is 0. The Morgan fingerprint density at radius 1 is 1.31 bits per heavy atom. The highest BCUT2D eigenvalue weighted by Gasteiger charge is 1.96. The van der Waals surface area contributed by atoms with Crippen LogP contribution in [-0.2, 0) is 0 Å². The summed E-state index contributed by atoms with van der Waals surface area (Å²) in [4.78, 5) is 0. The maximum atomic E-state index is 3.75. The Morgan fingerprint density at radius 3 is 2.38 bits per heavy atom. The smallest absolute Gasteiger partial charge is 0.00975 e. The Kier molecular flexibility index (Phi) is 3.51. The first-order valence-corrected chi connectivity index (χ1v) is 4.61. The van der Waals surface area contributed by atoms with Crippen LogP contribution in [-0.4, -0.2) is 0 Å². The first-order chi connectivity index (χ1) is 6.27. The molecule has 0 heteroatoms. The Bertz CT molecular complexity index is 301. The lowest BCUT2D eigenvalue weighted by molar-refractivity contribution is 1.37. The van der Waals surface area contributed by atoms with Crippen LogP contribution in [0, 0.1) is 6.92 Å². The molecule has 1 aromatic rings. The van der Waals surface area contributed by atoms with Crippen molar-refractivity contribution in [2.24, 2.45) is 0 Å². The van der Waals surface area contributed by atoms with Gasteiger partial charge in [-0.1, -0.05) is 42.0 Å². The lowest BCUT2D eigenvalue weighted by atomic mass is 10.0. The number of aryl methyl sites for hydroxylation is 1. The first kappa shape index (κ1) is 9.79. The van der Waals surface area contributed by atoms with E-state index in [1.54, 1.807) is 0 Å². The largest absolute Gasteiger partial charge is 0.103 e. The van der Waals surface area contributed by atoms with Crippen molar-refractivity contribution < 1.29 is 0 Å². The lowest BCUT2D eigenvalue weighted by Gasteiger charge is -2.04. The third-order valence-corrected chi connectivity index (χ3v) is 2.14. The van der Waals surface area contributed by atoms with Crippen molar-refractivity contribution in [2.45, 2.75) is 20.3 Å². The van der Waals surface area contributed by atoms with E-state index in [9.17, 15) is 0 Å². The summed E-state index contributed by atoms with van der Waals surface area (Å²) in [6.07, 6.45) is 5.03. The summed E-state index contributed by atoms with van der Waals surface area (Å²) in [5.74, 6) is 0. The molecule has 0 amide bonds. The van der Waals surface area contributed by atoms with Gasteiger partial charge in [-0.15, -0.1) is 6.58 Å². The minimum Gasteiger partial charge on any atom is -0.103 e. The van der Waals surface area contributed by atoms with Gasteiger partial charge in [0.05, 0.1) is 0 Å². The molecule has 13 heavy (non-hydrogen) atoms. The zero-order valence-electron chi connectivity index (χ0n) is 8.38. The van der Waals surface area contributed by atoms with E-state index in [1.807, 2.05) is 6.08 Å². The van der Waals surface area contributed by atoms with Gasteiger partial charge in [0.25, 0.3) is 0 Å². The van der Waals surface area contributed by atoms with Crippen molar-refractivity contribution in [3.8, 4) is 0 Å². The van der Waals surface area contributed by atoms with Crippen LogP contribution in [0.5, 0.6) is 0 Å². The quantitative estimate of drug-likeness (QED) is 0.605. The average molecular weight is 172 g/mol. The highest BCUT2D eigenvalue weighted by atomic mass is 14.0. The van der Waals surface area contributed by atoms with Gasteiger partial charge in [0, 0.05) is 0 Å². The van der Waals surface area contributed by atoms with Crippen LogP contribution >= 0.6 is 0 Å². The molecule has 0 nitrogen and oxygen atoms in total. The number of rotatable bonds is 3. The molecule has 0 unspecified atom stereocenters. The van der Waals surface area contributed by atoms with Crippen LogP contribution in [0.2, 0.25) is 0 Å². The molecule has 0 atom stereocenters. The molecule has 1 aromatic carbocycles. The first-order valence-electron chi connectivity index (χ1n) is 4.61. The van der Waals surface area contributed by atoms with E-state index >= 15 is 0 Å². The Morgan fingerprint density at radius 2 is 1.92 bits per heavy atom. The minimum atomic E-state index is 0.944. The summed E-state index contributed by atoms with van der Waals surface area (Å²) in [7, 11) is 0. The molecule has 0 saturated heterocycles. The SMILES string of the molecule is C=CCC(=CC)c1ccc(C)cc1. The third-order valence-electron chi connectivity index (χ3n) is 2.14. The van der Waals surface area contributed by atoms with Gasteiger partial charge in [-0.25, -0.2) is 0 Å². The Hall–Kier alpha value is -1.30. The summed E-state index contributed by atoms with van der Waals surface area (Å²) in [5, 5.41) is 0. The molecule has 0 aromatic heterocycles. The molecule has 0 heterocycles. The molecular formula is C13H16. The second-order valence-electron chi connectivity index (χ2n) is 3.17. The Balaban J connectivity index is 2.92. The maximum absolute atomic E-state index is 3.75. The molecule has 0 saturated carbocycles. The van der Waals surface area contributed by atoms with Crippen molar-refractivity contribution in [3.63, 3.8) is 0 Å². The molecule has 0 bridgehead atoms. The highest BCUT2D eigenvalue weighted by Crippen LogP contribution is 2.18. The second-order valence-corrected chi connectivity index (χ2v) is 3.17. The van der Waals surface area contributed by atoms with Gasteiger partial charge in [0.15, 0.2) is 0 Å². The van der Waals surface area contributed by atoms with Crippen LogP contribution in [0.4, 0.5) is 0 Å². The van der Waals surface area contributed by atoms with Crippen molar-refractivity contribution in [1.82, 2.24) is 0 Å². The van der Waals surface area contributed by atoms with Gasteiger partial charge in [-0.3, -0.25) is 0 Å². The van der Waals surface area contributed by atoms with Crippen LogP contribution < -0.4 is 0 Å². The summed E-state index contributed by atoms with van der Waals surface area (Å²) in [6, 6.07) is 8.60. The van der Waals surface area contributed by atoms with E-state index in [-0.39, 0.29) is 0 Å². The molecule has 0 aliphatic heterocycles. The van der Waals surface area contributed by atoms with Gasteiger partial charge in [-0.2, -0.15) is 0 Å². The van der Waals surface area contributed by atoms with Crippen LogP contribution in [0.15, 0.2) is 43.0 Å². The number of allylic oxidation sites excluding steroid dienone is 3. The number of hydrogen-bond acceptors (Lipinski definition) is 0. The molecule has 0 aliphatic carbocycles. The summed E-state index contributed by atoms with van der Waals surface area (Å²) in [5.41, 5.74) is 3.95. The number of benzene rings is 1. The third kappa shape index (κ3) is 2.59. The molecule has 68 valence electrons. The van der Waals surface area contributed by atoms with Gasteiger partial charge < -0.3 is 0 Å². The lowest BCUT2D eigenvalue weighted by Crippen LogP contribution is -1.82. The topological polar surface area (TPSA) is 0 Å². The van der Waals surface area contributed by atoms with Crippen molar-refractivity contribution in [2.75, 3.05) is 0 Å². The van der Waals surface area contributed by atoms with E-state index in [0.29, 0.717) is 0 Å². The fraction of sp³-hybridized carbons (Fsp3) is 0.231. The molecule has 0 radical (unpaired) electrons. The minimum absolute atomic E-state index is 0.944. The van der Waals surface area contributed by atoms with Crippen molar-refractivity contribution in [3.05, 3.63) is 54.1 Å². The van der Waals surface area contributed by atoms with Crippen molar-refractivity contribution in [1.29, 1.82) is 0 Å². The monoisotopic (exact) mass is 172 g/mol. The van der Waals surface area contributed by atoms with E-state index in [2.05, 4.69) is 50.8 Å². The average Bonchev–Trinajstić information content (AvgIpc) is 2.16. The molecule has 1 rings (SSSR count). The molecule has 0 N–H and O–H groups in total. The predicted octanol–water partition coefficient (Wildman–Crippen LogP) is 3.97. The van der Waals surface area contributed by atoms with Crippen LogP contribution in [0.1, 0.15) is 24.5 Å². The van der Waals surface area contributed by atoms with Crippen LogP contribution in [0.25, 0.3) is 5.57 Å².